The van der Waals surface area contributed by atoms with Crippen LogP contribution < -0.4 is 5.32 Å². The first-order valence-corrected chi connectivity index (χ1v) is 7.43. The molecule has 0 aliphatic carbocycles. The Labute approximate surface area is 133 Å². The lowest BCUT2D eigenvalue weighted by Crippen LogP contribution is -2.51. The summed E-state index contributed by atoms with van der Waals surface area (Å²) in [5.41, 5.74) is -0.0547. The molecule has 1 aromatic carbocycles. The smallest absolute Gasteiger partial charge is 0.308 e. The molecule has 0 radical (unpaired) electrons. The highest BCUT2D eigenvalue weighted by atomic mass is 19.1. The number of methoxy groups -OCH3 is 1. The number of benzene rings is 1. The van der Waals surface area contributed by atoms with E-state index in [4.69, 9.17) is 4.74 Å². The zero-order valence-corrected chi connectivity index (χ0v) is 12.8. The number of halogens is 1. The number of ether oxygens (including phenoxy) is 2. The minimum atomic E-state index is -0.644. The van der Waals surface area contributed by atoms with E-state index >= 15 is 0 Å². The molecule has 1 aliphatic heterocycles. The number of carbonyl (C=O) groups is 2. The van der Waals surface area contributed by atoms with Gasteiger partial charge < -0.3 is 19.9 Å². The second-order valence-corrected chi connectivity index (χ2v) is 5.40. The normalized spacial score (nSPS) is 24.0. The maximum absolute atomic E-state index is 13.6. The molecular formula is C16H20FNO5. The fourth-order valence-corrected chi connectivity index (χ4v) is 2.61. The predicted molar refractivity (Wildman–Crippen MR) is 79.3 cm³/mol. The van der Waals surface area contributed by atoms with E-state index in [1.54, 1.807) is 6.07 Å². The molecular weight excluding hydrogens is 305 g/mol. The van der Waals surface area contributed by atoms with E-state index in [9.17, 15) is 19.1 Å². The van der Waals surface area contributed by atoms with Gasteiger partial charge in [0.2, 0.25) is 0 Å². The molecule has 0 bridgehead atoms. The number of carbonyl (C=O) groups excluding carboxylic acids is 2. The van der Waals surface area contributed by atoms with Crippen LogP contribution in [-0.2, 0) is 14.3 Å². The van der Waals surface area contributed by atoms with Crippen LogP contribution in [0.3, 0.4) is 0 Å². The number of aliphatic hydroxyl groups is 1. The Hall–Kier alpha value is -1.99. The molecule has 0 saturated carbocycles. The second kappa shape index (κ2) is 8.03. The number of nitrogens with one attached hydrogen (secondary N) is 1. The Morgan fingerprint density at radius 1 is 1.39 bits per heavy atom. The molecule has 1 amide bonds. The molecule has 2 rings (SSSR count). The highest BCUT2D eigenvalue weighted by Gasteiger charge is 2.33. The highest BCUT2D eigenvalue weighted by molar-refractivity contribution is 5.94. The first-order valence-electron chi connectivity index (χ1n) is 7.43. The Kier molecular flexibility index (Phi) is 6.06. The Balaban J connectivity index is 1.97. The summed E-state index contributed by atoms with van der Waals surface area (Å²) in [6, 6.07) is 5.24. The average molecular weight is 325 g/mol. The van der Waals surface area contributed by atoms with Gasteiger partial charge >= 0.3 is 5.97 Å². The molecule has 1 saturated heterocycles. The summed E-state index contributed by atoms with van der Waals surface area (Å²) >= 11 is 0. The van der Waals surface area contributed by atoms with Crippen molar-refractivity contribution in [3.8, 4) is 0 Å². The second-order valence-electron chi connectivity index (χ2n) is 5.40. The zero-order chi connectivity index (χ0) is 16.8. The lowest BCUT2D eigenvalue weighted by atomic mass is 9.96. The standard InChI is InChI=1S/C16H20FNO5/c1-22-15(20)8-10-6-7-13(14(9-19)23-10)18-16(21)11-4-2-3-5-12(11)17/h2-5,10,13-14,19H,6-9H2,1H3,(H,18,21)/t10-,13+,14+/m0/s1. The molecule has 126 valence electrons. The van der Waals surface area contributed by atoms with Crippen LogP contribution in [0.25, 0.3) is 0 Å². The van der Waals surface area contributed by atoms with Crippen LogP contribution in [0.5, 0.6) is 0 Å². The third-order valence-corrected chi connectivity index (χ3v) is 3.85. The fourth-order valence-electron chi connectivity index (χ4n) is 2.61. The van der Waals surface area contributed by atoms with Crippen LogP contribution in [0.1, 0.15) is 29.6 Å². The largest absolute Gasteiger partial charge is 0.469 e. The Morgan fingerprint density at radius 3 is 2.78 bits per heavy atom. The third-order valence-electron chi connectivity index (χ3n) is 3.85. The summed E-state index contributed by atoms with van der Waals surface area (Å²) < 4.78 is 23.8. The molecule has 0 spiro atoms. The van der Waals surface area contributed by atoms with Crippen molar-refractivity contribution >= 4 is 11.9 Å². The number of amides is 1. The van der Waals surface area contributed by atoms with E-state index in [1.165, 1.54) is 25.3 Å². The maximum Gasteiger partial charge on any atom is 0.308 e. The van der Waals surface area contributed by atoms with Gasteiger partial charge in [-0.15, -0.1) is 0 Å². The van der Waals surface area contributed by atoms with Crippen LogP contribution in [0, 0.1) is 5.82 Å². The number of rotatable bonds is 5. The SMILES string of the molecule is COC(=O)C[C@@H]1CC[C@@H](NC(=O)c2ccccc2F)[C@@H](CO)O1. The number of esters is 1. The molecule has 6 nitrogen and oxygen atoms in total. The third kappa shape index (κ3) is 4.49. The fraction of sp³-hybridized carbons (Fsp3) is 0.500. The molecule has 0 unspecified atom stereocenters. The summed E-state index contributed by atoms with van der Waals surface area (Å²) in [5.74, 6) is -1.55. The van der Waals surface area contributed by atoms with E-state index in [1.807, 2.05) is 0 Å². The maximum atomic E-state index is 13.6. The molecule has 7 heteroatoms. The molecule has 2 N–H and O–H groups in total. The van der Waals surface area contributed by atoms with Crippen molar-refractivity contribution in [2.75, 3.05) is 13.7 Å². The van der Waals surface area contributed by atoms with Crippen molar-refractivity contribution in [3.05, 3.63) is 35.6 Å². The molecule has 1 fully saturated rings. The van der Waals surface area contributed by atoms with Gasteiger partial charge in [0.1, 0.15) is 11.9 Å². The van der Waals surface area contributed by atoms with Crippen LogP contribution in [0.2, 0.25) is 0 Å². The summed E-state index contributed by atoms with van der Waals surface area (Å²) in [7, 11) is 1.30. The van der Waals surface area contributed by atoms with Crippen LogP contribution >= 0.6 is 0 Å². The van der Waals surface area contributed by atoms with Crippen molar-refractivity contribution in [1.82, 2.24) is 5.32 Å². The Morgan fingerprint density at radius 2 is 2.13 bits per heavy atom. The van der Waals surface area contributed by atoms with Gasteiger partial charge in [-0.2, -0.15) is 0 Å². The lowest BCUT2D eigenvalue weighted by molar-refractivity contribution is -0.149. The molecule has 23 heavy (non-hydrogen) atoms. The van der Waals surface area contributed by atoms with Crippen LogP contribution in [0.15, 0.2) is 24.3 Å². The zero-order valence-electron chi connectivity index (χ0n) is 12.8. The van der Waals surface area contributed by atoms with Gasteiger partial charge in [0.05, 0.1) is 37.8 Å². The molecule has 1 heterocycles. The highest BCUT2D eigenvalue weighted by Crippen LogP contribution is 2.22. The first kappa shape index (κ1) is 17.4. The molecule has 0 aromatic heterocycles. The van der Waals surface area contributed by atoms with Crippen molar-refractivity contribution in [2.24, 2.45) is 0 Å². The van der Waals surface area contributed by atoms with E-state index < -0.39 is 23.9 Å². The monoisotopic (exact) mass is 325 g/mol. The predicted octanol–water partition coefficient (Wildman–Crippen LogP) is 1.03. The van der Waals surface area contributed by atoms with E-state index in [-0.39, 0.29) is 30.7 Å². The van der Waals surface area contributed by atoms with Gasteiger partial charge in [0.15, 0.2) is 0 Å². The summed E-state index contributed by atoms with van der Waals surface area (Å²) in [4.78, 5) is 23.4. The van der Waals surface area contributed by atoms with Gasteiger partial charge in [-0.25, -0.2) is 4.39 Å². The number of aliphatic hydroxyl groups excluding tert-OH is 1. The average Bonchev–Trinajstić information content (AvgIpc) is 2.56. The van der Waals surface area contributed by atoms with Crippen molar-refractivity contribution in [3.63, 3.8) is 0 Å². The number of hydrogen-bond acceptors (Lipinski definition) is 5. The molecule has 3 atom stereocenters. The van der Waals surface area contributed by atoms with Gasteiger partial charge in [-0.1, -0.05) is 12.1 Å². The minimum Gasteiger partial charge on any atom is -0.469 e. The van der Waals surface area contributed by atoms with Crippen LogP contribution in [0.4, 0.5) is 4.39 Å². The first-order chi connectivity index (χ1) is 11.0. The van der Waals surface area contributed by atoms with Gasteiger partial charge in [0.25, 0.3) is 5.91 Å². The van der Waals surface area contributed by atoms with Gasteiger partial charge in [0, 0.05) is 0 Å². The van der Waals surface area contributed by atoms with Gasteiger partial charge in [-0.3, -0.25) is 9.59 Å². The van der Waals surface area contributed by atoms with Crippen molar-refractivity contribution in [2.45, 2.75) is 37.5 Å². The van der Waals surface area contributed by atoms with Crippen LogP contribution in [-0.4, -0.2) is 48.9 Å². The molecule has 1 aromatic rings. The van der Waals surface area contributed by atoms with Gasteiger partial charge in [-0.05, 0) is 25.0 Å². The van der Waals surface area contributed by atoms with Crippen molar-refractivity contribution in [1.29, 1.82) is 0 Å². The summed E-state index contributed by atoms with van der Waals surface area (Å²) in [6.07, 6.45) is 0.150. The topological polar surface area (TPSA) is 84.9 Å². The lowest BCUT2D eigenvalue weighted by Gasteiger charge is -2.35. The van der Waals surface area contributed by atoms with E-state index in [0.29, 0.717) is 12.8 Å². The number of hydrogen-bond donors (Lipinski definition) is 2. The quantitative estimate of drug-likeness (QED) is 0.790. The van der Waals surface area contributed by atoms with E-state index in [2.05, 4.69) is 10.1 Å². The van der Waals surface area contributed by atoms with E-state index in [0.717, 1.165) is 0 Å². The van der Waals surface area contributed by atoms with Crippen molar-refractivity contribution < 1.29 is 28.6 Å². The molecule has 1 aliphatic rings. The Bertz CT molecular complexity index is 565. The summed E-state index contributed by atoms with van der Waals surface area (Å²) in [6.45, 7) is -0.306. The minimum absolute atomic E-state index is 0.0547. The summed E-state index contributed by atoms with van der Waals surface area (Å²) in [5, 5.41) is 12.1.